The molecule has 20 heavy (non-hydrogen) atoms. The smallest absolute Gasteiger partial charge is 0.262 e. The fourth-order valence-electron chi connectivity index (χ4n) is 1.67. The number of hydrogen-bond donors (Lipinski definition) is 2. The predicted octanol–water partition coefficient (Wildman–Crippen LogP) is 1.46. The standard InChI is InChI=1S/C15H14N2O2S/c18-10-1-2-13-6-11-20-14(13)15(19)17-9-5-12-3-7-16-8-4-12/h3-4,6-8,11,18H,5,9-10H2,(H,17,19). The van der Waals surface area contributed by atoms with Crippen LogP contribution < -0.4 is 5.32 Å². The Labute approximate surface area is 121 Å². The van der Waals surface area contributed by atoms with Crippen molar-refractivity contribution in [2.75, 3.05) is 13.2 Å². The summed E-state index contributed by atoms with van der Waals surface area (Å²) >= 11 is 1.35. The lowest BCUT2D eigenvalue weighted by Gasteiger charge is -2.04. The summed E-state index contributed by atoms with van der Waals surface area (Å²) < 4.78 is 0. The maximum Gasteiger partial charge on any atom is 0.262 e. The van der Waals surface area contributed by atoms with E-state index in [1.54, 1.807) is 18.5 Å². The van der Waals surface area contributed by atoms with Gasteiger partial charge in [0.05, 0.1) is 0 Å². The molecule has 0 spiro atoms. The van der Waals surface area contributed by atoms with Crippen LogP contribution in [0.4, 0.5) is 0 Å². The van der Waals surface area contributed by atoms with Crippen LogP contribution in [0.1, 0.15) is 20.8 Å². The largest absolute Gasteiger partial charge is 0.384 e. The van der Waals surface area contributed by atoms with Gasteiger partial charge in [0.2, 0.25) is 0 Å². The van der Waals surface area contributed by atoms with Crippen molar-refractivity contribution in [2.45, 2.75) is 6.42 Å². The molecule has 2 N–H and O–H groups in total. The molecule has 0 aliphatic rings. The maximum absolute atomic E-state index is 12.0. The van der Waals surface area contributed by atoms with Gasteiger partial charge in [0.1, 0.15) is 11.5 Å². The number of aromatic nitrogens is 1. The highest BCUT2D eigenvalue weighted by Gasteiger charge is 2.11. The van der Waals surface area contributed by atoms with Crippen molar-refractivity contribution in [1.29, 1.82) is 0 Å². The van der Waals surface area contributed by atoms with Crippen LogP contribution in [0.15, 0.2) is 36.0 Å². The van der Waals surface area contributed by atoms with E-state index in [2.05, 4.69) is 22.1 Å². The molecular formula is C15H14N2O2S. The zero-order valence-corrected chi connectivity index (χ0v) is 11.6. The fraction of sp³-hybridized carbons (Fsp3) is 0.200. The summed E-state index contributed by atoms with van der Waals surface area (Å²) in [6.45, 7) is 0.354. The van der Waals surface area contributed by atoms with Gasteiger partial charge in [-0.2, -0.15) is 0 Å². The first-order valence-electron chi connectivity index (χ1n) is 6.15. The Kier molecular flexibility index (Phi) is 5.30. The second-order valence-electron chi connectivity index (χ2n) is 3.98. The van der Waals surface area contributed by atoms with Crippen molar-refractivity contribution in [1.82, 2.24) is 10.3 Å². The van der Waals surface area contributed by atoms with E-state index in [4.69, 9.17) is 5.11 Å². The van der Waals surface area contributed by atoms with Gasteiger partial charge < -0.3 is 10.4 Å². The number of aliphatic hydroxyl groups is 1. The normalized spacial score (nSPS) is 9.65. The molecule has 0 aliphatic carbocycles. The molecule has 0 radical (unpaired) electrons. The average Bonchev–Trinajstić information content (AvgIpc) is 2.94. The Morgan fingerprint density at radius 3 is 2.90 bits per heavy atom. The van der Waals surface area contributed by atoms with Crippen molar-refractivity contribution < 1.29 is 9.90 Å². The van der Waals surface area contributed by atoms with E-state index in [1.165, 1.54) is 11.3 Å². The summed E-state index contributed by atoms with van der Waals surface area (Å²) in [6.07, 6.45) is 4.23. The van der Waals surface area contributed by atoms with Crippen LogP contribution in [0, 0.1) is 11.8 Å². The minimum Gasteiger partial charge on any atom is -0.384 e. The van der Waals surface area contributed by atoms with Gasteiger partial charge in [0.25, 0.3) is 5.91 Å². The van der Waals surface area contributed by atoms with Crippen molar-refractivity contribution in [3.63, 3.8) is 0 Å². The van der Waals surface area contributed by atoms with Gasteiger partial charge in [0.15, 0.2) is 0 Å². The van der Waals surface area contributed by atoms with Crippen LogP contribution in [0.25, 0.3) is 0 Å². The topological polar surface area (TPSA) is 62.2 Å². The van der Waals surface area contributed by atoms with E-state index >= 15 is 0 Å². The molecule has 102 valence electrons. The van der Waals surface area contributed by atoms with Crippen molar-refractivity contribution in [3.8, 4) is 11.8 Å². The van der Waals surface area contributed by atoms with Gasteiger partial charge in [-0.05, 0) is 35.6 Å². The Morgan fingerprint density at radius 2 is 2.15 bits per heavy atom. The number of nitrogens with one attached hydrogen (secondary N) is 1. The molecule has 4 nitrogen and oxygen atoms in total. The van der Waals surface area contributed by atoms with E-state index in [0.29, 0.717) is 17.0 Å². The number of pyridine rings is 1. The lowest BCUT2D eigenvalue weighted by atomic mass is 10.2. The summed E-state index contributed by atoms with van der Waals surface area (Å²) in [7, 11) is 0. The van der Waals surface area contributed by atoms with E-state index in [-0.39, 0.29) is 12.5 Å². The van der Waals surface area contributed by atoms with Gasteiger partial charge in [-0.3, -0.25) is 9.78 Å². The molecule has 0 atom stereocenters. The molecule has 1 amide bonds. The van der Waals surface area contributed by atoms with Crippen LogP contribution in [0.2, 0.25) is 0 Å². The zero-order valence-electron chi connectivity index (χ0n) is 10.8. The molecule has 0 saturated heterocycles. The van der Waals surface area contributed by atoms with E-state index in [0.717, 1.165) is 12.0 Å². The number of amides is 1. The number of thiophene rings is 1. The molecule has 0 fully saturated rings. The summed E-state index contributed by atoms with van der Waals surface area (Å²) in [5.41, 5.74) is 1.79. The van der Waals surface area contributed by atoms with Crippen LogP contribution >= 0.6 is 11.3 Å². The first kappa shape index (κ1) is 14.3. The number of rotatable bonds is 4. The quantitative estimate of drug-likeness (QED) is 0.837. The molecule has 0 saturated carbocycles. The molecule has 0 unspecified atom stereocenters. The highest BCUT2D eigenvalue weighted by Crippen LogP contribution is 2.15. The summed E-state index contributed by atoms with van der Waals surface area (Å²) in [5.74, 6) is 5.20. The molecule has 5 heteroatoms. The Bertz CT molecular complexity index is 626. The second kappa shape index (κ2) is 7.43. The third-order valence-corrected chi connectivity index (χ3v) is 3.54. The maximum atomic E-state index is 12.0. The Morgan fingerprint density at radius 1 is 1.35 bits per heavy atom. The number of hydrogen-bond acceptors (Lipinski definition) is 4. The molecule has 2 rings (SSSR count). The predicted molar refractivity (Wildman–Crippen MR) is 78.6 cm³/mol. The minimum absolute atomic E-state index is 0.128. The van der Waals surface area contributed by atoms with Gasteiger partial charge in [-0.1, -0.05) is 11.8 Å². The van der Waals surface area contributed by atoms with E-state index in [1.807, 2.05) is 17.5 Å². The van der Waals surface area contributed by atoms with Gasteiger partial charge >= 0.3 is 0 Å². The number of carbonyl (C=O) groups is 1. The molecule has 2 heterocycles. The summed E-state index contributed by atoms with van der Waals surface area (Å²) in [6, 6.07) is 5.63. The Balaban J connectivity index is 1.91. The second-order valence-corrected chi connectivity index (χ2v) is 4.90. The first-order chi connectivity index (χ1) is 9.81. The zero-order chi connectivity index (χ0) is 14.2. The molecular weight excluding hydrogens is 272 g/mol. The average molecular weight is 286 g/mol. The van der Waals surface area contributed by atoms with Crippen LogP contribution in [-0.4, -0.2) is 29.1 Å². The van der Waals surface area contributed by atoms with Gasteiger partial charge in [-0.15, -0.1) is 11.3 Å². The third-order valence-electron chi connectivity index (χ3n) is 2.62. The van der Waals surface area contributed by atoms with Gasteiger partial charge in [-0.25, -0.2) is 0 Å². The summed E-state index contributed by atoms with van der Waals surface area (Å²) in [4.78, 5) is 16.6. The molecule has 2 aromatic heterocycles. The van der Waals surface area contributed by atoms with Gasteiger partial charge in [0, 0.05) is 24.5 Å². The van der Waals surface area contributed by atoms with Crippen LogP contribution in [-0.2, 0) is 6.42 Å². The van der Waals surface area contributed by atoms with E-state index in [9.17, 15) is 4.79 Å². The number of carbonyl (C=O) groups excluding carboxylic acids is 1. The lowest BCUT2D eigenvalue weighted by molar-refractivity contribution is 0.0958. The van der Waals surface area contributed by atoms with Crippen LogP contribution in [0.3, 0.4) is 0 Å². The fourth-order valence-corrected chi connectivity index (χ4v) is 2.43. The third kappa shape index (κ3) is 3.92. The number of aliphatic hydroxyl groups excluding tert-OH is 1. The van der Waals surface area contributed by atoms with E-state index < -0.39 is 0 Å². The van der Waals surface area contributed by atoms with Crippen molar-refractivity contribution >= 4 is 17.2 Å². The SMILES string of the molecule is O=C(NCCc1ccncc1)c1sccc1C#CCO. The minimum atomic E-state index is -0.209. The molecule has 0 aromatic carbocycles. The Hall–Kier alpha value is -2.16. The molecule has 0 bridgehead atoms. The molecule has 0 aliphatic heterocycles. The highest BCUT2D eigenvalue weighted by molar-refractivity contribution is 7.12. The van der Waals surface area contributed by atoms with Crippen molar-refractivity contribution in [3.05, 3.63) is 52.0 Å². The monoisotopic (exact) mass is 286 g/mol. The number of nitrogens with zero attached hydrogens (tertiary/aromatic N) is 1. The molecule has 2 aromatic rings. The van der Waals surface area contributed by atoms with Crippen molar-refractivity contribution in [2.24, 2.45) is 0 Å². The highest BCUT2D eigenvalue weighted by atomic mass is 32.1. The first-order valence-corrected chi connectivity index (χ1v) is 7.03. The lowest BCUT2D eigenvalue weighted by Crippen LogP contribution is -2.25. The summed E-state index contributed by atoms with van der Waals surface area (Å²) in [5, 5.41) is 13.4. The van der Waals surface area contributed by atoms with Crippen LogP contribution in [0.5, 0.6) is 0 Å².